The lowest BCUT2D eigenvalue weighted by molar-refractivity contribution is -0.145. The first-order valence-corrected chi connectivity index (χ1v) is 5.44. The summed E-state index contributed by atoms with van der Waals surface area (Å²) in [6, 6.07) is 6.02. The van der Waals surface area contributed by atoms with Crippen LogP contribution in [0.15, 0.2) is 24.3 Å². The number of primary amides is 1. The molecule has 1 aromatic rings. The van der Waals surface area contributed by atoms with Crippen LogP contribution in [0, 0.1) is 0 Å². The Labute approximate surface area is 109 Å². The molecule has 0 fully saturated rings. The highest BCUT2D eigenvalue weighted by molar-refractivity contribution is 5.87. The minimum atomic E-state index is -1.23. The quantitative estimate of drug-likeness (QED) is 0.630. The van der Waals surface area contributed by atoms with Gasteiger partial charge in [0.15, 0.2) is 0 Å². The third-order valence-electron chi connectivity index (χ3n) is 2.29. The molecule has 1 rings (SSSR count). The fraction of sp³-hybridized carbons (Fsp3) is 0.250. The highest BCUT2D eigenvalue weighted by Gasteiger charge is 2.19. The Balaban J connectivity index is 2.76. The molecule has 0 aliphatic rings. The second-order valence-corrected chi connectivity index (χ2v) is 3.96. The molecule has 2 amide bonds. The summed E-state index contributed by atoms with van der Waals surface area (Å²) in [6.45, 7) is -1.05. The molecule has 1 aromatic carbocycles. The largest absolute Gasteiger partial charge is 0.508 e. The number of phenolic OH excluding ortho intramolecular Hbond substituents is 1. The minimum Gasteiger partial charge on any atom is -0.508 e. The maximum Gasteiger partial charge on any atom is 0.323 e. The van der Waals surface area contributed by atoms with Gasteiger partial charge in [-0.1, -0.05) is 12.1 Å². The van der Waals surface area contributed by atoms with Gasteiger partial charge in [0.1, 0.15) is 12.3 Å². The number of nitrogens with zero attached hydrogens (tertiary/aromatic N) is 1. The van der Waals surface area contributed by atoms with E-state index in [4.69, 9.17) is 10.8 Å². The Kier molecular flexibility index (Phi) is 4.87. The normalized spacial score (nSPS) is 9.89. The van der Waals surface area contributed by atoms with Crippen LogP contribution in [0.4, 0.5) is 0 Å². The lowest BCUT2D eigenvalue weighted by atomic mass is 10.1. The molecule has 0 aromatic heterocycles. The SMILES string of the molecule is NC(=O)CN(CC(=O)O)C(=O)Cc1cccc(O)c1. The standard InChI is InChI=1S/C12H14N2O5/c13-10(16)6-14(7-12(18)19)11(17)5-8-2-1-3-9(15)4-8/h1-4,15H,5-7H2,(H2,13,16)(H,18,19). The number of hydrogen-bond acceptors (Lipinski definition) is 4. The number of nitrogens with two attached hydrogens (primary N) is 1. The van der Waals surface area contributed by atoms with Gasteiger partial charge in [0.2, 0.25) is 11.8 Å². The summed E-state index contributed by atoms with van der Waals surface area (Å²) in [4.78, 5) is 34.1. The van der Waals surface area contributed by atoms with E-state index >= 15 is 0 Å². The average molecular weight is 266 g/mol. The van der Waals surface area contributed by atoms with Crippen molar-refractivity contribution in [1.29, 1.82) is 0 Å². The highest BCUT2D eigenvalue weighted by atomic mass is 16.4. The Bertz CT molecular complexity index is 485. The fourth-order valence-electron chi connectivity index (χ4n) is 1.54. The smallest absolute Gasteiger partial charge is 0.323 e. The third kappa shape index (κ3) is 5.07. The van der Waals surface area contributed by atoms with Crippen LogP contribution in [0.3, 0.4) is 0 Å². The first-order valence-electron chi connectivity index (χ1n) is 5.44. The van der Waals surface area contributed by atoms with Crippen LogP contribution in [-0.4, -0.2) is 46.0 Å². The maximum atomic E-state index is 11.9. The van der Waals surface area contributed by atoms with E-state index in [0.717, 1.165) is 4.90 Å². The third-order valence-corrected chi connectivity index (χ3v) is 2.29. The Morgan fingerprint density at radius 1 is 1.21 bits per heavy atom. The number of carboxylic acid groups (broad SMARTS) is 1. The zero-order chi connectivity index (χ0) is 14.4. The van der Waals surface area contributed by atoms with Gasteiger partial charge in [-0.3, -0.25) is 14.4 Å². The average Bonchev–Trinajstić information content (AvgIpc) is 2.26. The Hall–Kier alpha value is -2.57. The van der Waals surface area contributed by atoms with Gasteiger partial charge in [0.25, 0.3) is 0 Å². The summed E-state index contributed by atoms with van der Waals surface area (Å²) in [6.07, 6.45) is -0.116. The van der Waals surface area contributed by atoms with Crippen LogP contribution in [0.2, 0.25) is 0 Å². The molecule has 0 bridgehead atoms. The van der Waals surface area contributed by atoms with Gasteiger partial charge in [-0.2, -0.15) is 0 Å². The van der Waals surface area contributed by atoms with Crippen LogP contribution in [0.25, 0.3) is 0 Å². The van der Waals surface area contributed by atoms with Crippen molar-refractivity contribution in [2.45, 2.75) is 6.42 Å². The molecule has 0 unspecified atom stereocenters. The number of carboxylic acids is 1. The number of benzene rings is 1. The van der Waals surface area contributed by atoms with Crippen LogP contribution < -0.4 is 5.73 Å². The Morgan fingerprint density at radius 3 is 2.42 bits per heavy atom. The van der Waals surface area contributed by atoms with Crippen molar-refractivity contribution in [3.05, 3.63) is 29.8 Å². The summed E-state index contributed by atoms with van der Waals surface area (Å²) in [5, 5.41) is 17.9. The molecule has 0 atom stereocenters. The number of carbonyl (C=O) groups is 3. The molecule has 0 spiro atoms. The lowest BCUT2D eigenvalue weighted by Gasteiger charge is -2.18. The summed E-state index contributed by atoms with van der Waals surface area (Å²) in [7, 11) is 0. The molecule has 0 aliphatic heterocycles. The summed E-state index contributed by atoms with van der Waals surface area (Å²) in [5.74, 6) is -2.56. The molecule has 4 N–H and O–H groups in total. The first kappa shape index (κ1) is 14.5. The van der Waals surface area contributed by atoms with Gasteiger partial charge in [0, 0.05) is 0 Å². The van der Waals surface area contributed by atoms with Gasteiger partial charge in [-0.05, 0) is 17.7 Å². The molecule has 7 nitrogen and oxygen atoms in total. The molecule has 0 heterocycles. The van der Waals surface area contributed by atoms with E-state index in [2.05, 4.69) is 0 Å². The van der Waals surface area contributed by atoms with Gasteiger partial charge in [-0.25, -0.2) is 0 Å². The van der Waals surface area contributed by atoms with Crippen LogP contribution >= 0.6 is 0 Å². The molecule has 7 heteroatoms. The number of aliphatic carboxylic acids is 1. The molecule has 0 radical (unpaired) electrons. The first-order chi connectivity index (χ1) is 8.88. The topological polar surface area (TPSA) is 121 Å². The lowest BCUT2D eigenvalue weighted by Crippen LogP contribution is -2.42. The van der Waals surface area contributed by atoms with E-state index in [1.807, 2.05) is 0 Å². The van der Waals surface area contributed by atoms with Crippen LogP contribution in [0.1, 0.15) is 5.56 Å². The van der Waals surface area contributed by atoms with Crippen molar-refractivity contribution < 1.29 is 24.6 Å². The van der Waals surface area contributed by atoms with E-state index in [0.29, 0.717) is 5.56 Å². The van der Waals surface area contributed by atoms with E-state index < -0.39 is 30.9 Å². The van der Waals surface area contributed by atoms with Crippen molar-refractivity contribution in [2.75, 3.05) is 13.1 Å². The summed E-state index contributed by atoms with van der Waals surface area (Å²) < 4.78 is 0. The van der Waals surface area contributed by atoms with Crippen molar-refractivity contribution in [2.24, 2.45) is 5.73 Å². The second-order valence-electron chi connectivity index (χ2n) is 3.96. The Morgan fingerprint density at radius 2 is 1.89 bits per heavy atom. The number of hydrogen-bond donors (Lipinski definition) is 3. The summed E-state index contributed by atoms with van der Waals surface area (Å²) >= 11 is 0. The fourth-order valence-corrected chi connectivity index (χ4v) is 1.54. The monoisotopic (exact) mass is 266 g/mol. The zero-order valence-electron chi connectivity index (χ0n) is 10.1. The molecule has 0 saturated heterocycles. The van der Waals surface area contributed by atoms with Crippen molar-refractivity contribution in [3.63, 3.8) is 0 Å². The van der Waals surface area contributed by atoms with E-state index in [1.165, 1.54) is 12.1 Å². The minimum absolute atomic E-state index is 0.00462. The number of carbonyl (C=O) groups excluding carboxylic acids is 2. The van der Waals surface area contributed by atoms with Gasteiger partial charge in [0.05, 0.1) is 13.0 Å². The predicted molar refractivity (Wildman–Crippen MR) is 65.2 cm³/mol. The molecular formula is C12H14N2O5. The van der Waals surface area contributed by atoms with Gasteiger partial charge in [-0.15, -0.1) is 0 Å². The van der Waals surface area contributed by atoms with Crippen molar-refractivity contribution in [1.82, 2.24) is 4.90 Å². The predicted octanol–water partition coefficient (Wildman–Crippen LogP) is -0.667. The number of phenols is 1. The van der Waals surface area contributed by atoms with Gasteiger partial charge < -0.3 is 20.8 Å². The van der Waals surface area contributed by atoms with Crippen LogP contribution in [0.5, 0.6) is 5.75 Å². The molecule has 19 heavy (non-hydrogen) atoms. The zero-order valence-corrected chi connectivity index (χ0v) is 10.1. The number of rotatable bonds is 6. The van der Waals surface area contributed by atoms with Gasteiger partial charge >= 0.3 is 5.97 Å². The number of amides is 2. The van der Waals surface area contributed by atoms with E-state index in [9.17, 15) is 19.5 Å². The van der Waals surface area contributed by atoms with E-state index in [1.54, 1.807) is 12.1 Å². The summed E-state index contributed by atoms with van der Waals surface area (Å²) in [5.41, 5.74) is 5.48. The van der Waals surface area contributed by atoms with Crippen LogP contribution in [-0.2, 0) is 20.8 Å². The van der Waals surface area contributed by atoms with Crippen molar-refractivity contribution in [3.8, 4) is 5.75 Å². The van der Waals surface area contributed by atoms with Crippen molar-refractivity contribution >= 4 is 17.8 Å². The molecular weight excluding hydrogens is 252 g/mol. The number of aromatic hydroxyl groups is 1. The van der Waals surface area contributed by atoms with E-state index in [-0.39, 0.29) is 12.2 Å². The maximum absolute atomic E-state index is 11.9. The highest BCUT2D eigenvalue weighted by Crippen LogP contribution is 2.12. The molecule has 0 aliphatic carbocycles. The second kappa shape index (κ2) is 6.39. The molecule has 102 valence electrons. The molecule has 0 saturated carbocycles.